The second-order valence-corrected chi connectivity index (χ2v) is 3.84. The molecule has 2 rings (SSSR count). The van der Waals surface area contributed by atoms with Gasteiger partial charge < -0.3 is 4.74 Å². The first kappa shape index (κ1) is 10.7. The van der Waals surface area contributed by atoms with Crippen LogP contribution in [0.3, 0.4) is 0 Å². The minimum Gasteiger partial charge on any atom is -0.452 e. The molecule has 0 aliphatic carbocycles. The van der Waals surface area contributed by atoms with E-state index >= 15 is 0 Å². The maximum Gasteiger partial charge on any atom is 0.416 e. The number of rotatable bonds is 0. The first-order chi connectivity index (χ1) is 7.63. The second kappa shape index (κ2) is 3.96. The Morgan fingerprint density at radius 2 is 2.19 bits per heavy atom. The molecule has 1 aliphatic heterocycles. The number of hydrogen-bond acceptors (Lipinski definition) is 3. The average Bonchev–Trinajstić information content (AvgIpc) is 2.28. The number of carbonyl (C=O) groups is 2. The monoisotopic (exact) mass is 219 g/mol. The average molecular weight is 219 g/mol. The van der Waals surface area contributed by atoms with E-state index in [-0.39, 0.29) is 5.91 Å². The molecule has 0 saturated heterocycles. The predicted molar refractivity (Wildman–Crippen MR) is 58.3 cm³/mol. The van der Waals surface area contributed by atoms with Crippen molar-refractivity contribution < 1.29 is 14.3 Å². The van der Waals surface area contributed by atoms with Gasteiger partial charge in [0.2, 0.25) is 0 Å². The van der Waals surface area contributed by atoms with Crippen LogP contribution in [0, 0.1) is 6.92 Å². The third-order valence-electron chi connectivity index (χ3n) is 2.74. The molecule has 0 spiro atoms. The molecular weight excluding hydrogens is 206 g/mol. The van der Waals surface area contributed by atoms with Gasteiger partial charge in [0.1, 0.15) is 0 Å². The van der Waals surface area contributed by atoms with Gasteiger partial charge in [-0.3, -0.25) is 4.79 Å². The molecule has 0 N–H and O–H groups in total. The third-order valence-corrected chi connectivity index (χ3v) is 2.74. The van der Waals surface area contributed by atoms with Crippen LogP contribution in [0.2, 0.25) is 0 Å². The highest BCUT2D eigenvalue weighted by molar-refractivity contribution is 6.04. The van der Waals surface area contributed by atoms with Gasteiger partial charge in [0, 0.05) is 12.1 Å². The van der Waals surface area contributed by atoms with Crippen LogP contribution >= 0.6 is 0 Å². The van der Waals surface area contributed by atoms with Crippen molar-refractivity contribution in [1.29, 1.82) is 0 Å². The molecule has 0 fully saturated rings. The number of fused-ring (bicyclic) bond motifs is 1. The summed E-state index contributed by atoms with van der Waals surface area (Å²) in [5.74, 6) is -0.270. The van der Waals surface area contributed by atoms with Crippen LogP contribution in [0.4, 0.5) is 4.79 Å². The van der Waals surface area contributed by atoms with Crippen molar-refractivity contribution in [2.45, 2.75) is 13.3 Å². The lowest BCUT2D eigenvalue weighted by atomic mass is 9.97. The van der Waals surface area contributed by atoms with Crippen molar-refractivity contribution in [2.75, 3.05) is 13.7 Å². The van der Waals surface area contributed by atoms with Crippen LogP contribution in [-0.2, 0) is 11.2 Å². The number of methoxy groups -OCH3 is 1. The van der Waals surface area contributed by atoms with Crippen molar-refractivity contribution >= 4 is 12.0 Å². The van der Waals surface area contributed by atoms with E-state index in [9.17, 15) is 9.59 Å². The maximum atomic E-state index is 12.0. The number of amides is 2. The molecule has 4 heteroatoms. The molecular formula is C12H13NO3. The summed E-state index contributed by atoms with van der Waals surface area (Å²) in [5, 5.41) is 0. The van der Waals surface area contributed by atoms with E-state index in [2.05, 4.69) is 4.74 Å². The maximum absolute atomic E-state index is 12.0. The van der Waals surface area contributed by atoms with Gasteiger partial charge in [-0.05, 0) is 25.0 Å². The molecule has 1 heterocycles. The molecule has 0 atom stereocenters. The van der Waals surface area contributed by atoms with Crippen molar-refractivity contribution in [2.24, 2.45) is 0 Å². The molecule has 1 aromatic rings. The topological polar surface area (TPSA) is 46.6 Å². The quantitative estimate of drug-likeness (QED) is 0.668. The molecule has 0 unspecified atom stereocenters. The van der Waals surface area contributed by atoms with Gasteiger partial charge in [0.05, 0.1) is 7.11 Å². The van der Waals surface area contributed by atoms with Gasteiger partial charge in [0.15, 0.2) is 0 Å². The van der Waals surface area contributed by atoms with Gasteiger partial charge in [-0.1, -0.05) is 17.7 Å². The summed E-state index contributed by atoms with van der Waals surface area (Å²) >= 11 is 0. The number of ether oxygens (including phenoxy) is 1. The standard InChI is InChI=1S/C12H13NO3/c1-8-3-4-10-9(7-8)5-6-13(11(10)14)12(15)16-2/h3-4,7H,5-6H2,1-2H3. The predicted octanol–water partition coefficient (Wildman–Crippen LogP) is 1.76. The van der Waals surface area contributed by atoms with E-state index in [0.717, 1.165) is 16.0 Å². The Balaban J connectivity index is 2.36. The zero-order valence-electron chi connectivity index (χ0n) is 9.32. The van der Waals surface area contributed by atoms with Gasteiger partial charge in [-0.2, -0.15) is 0 Å². The molecule has 84 valence electrons. The molecule has 1 aliphatic rings. The third kappa shape index (κ3) is 1.66. The van der Waals surface area contributed by atoms with Crippen LogP contribution in [0.15, 0.2) is 18.2 Å². The summed E-state index contributed by atoms with van der Waals surface area (Å²) in [5.41, 5.74) is 2.73. The lowest BCUT2D eigenvalue weighted by molar-refractivity contribution is 0.0692. The normalized spacial score (nSPS) is 14.6. The SMILES string of the molecule is COC(=O)N1CCc2cc(C)ccc2C1=O. The summed E-state index contributed by atoms with van der Waals surface area (Å²) in [6.45, 7) is 2.37. The minimum absolute atomic E-state index is 0.270. The molecule has 2 amide bonds. The lowest BCUT2D eigenvalue weighted by Crippen LogP contribution is -2.41. The fourth-order valence-corrected chi connectivity index (χ4v) is 1.90. The number of carbonyl (C=O) groups excluding carboxylic acids is 2. The van der Waals surface area contributed by atoms with E-state index in [1.807, 2.05) is 19.1 Å². The zero-order chi connectivity index (χ0) is 11.7. The van der Waals surface area contributed by atoms with Crippen LogP contribution in [0.25, 0.3) is 0 Å². The Bertz CT molecular complexity index is 454. The van der Waals surface area contributed by atoms with E-state index in [0.29, 0.717) is 18.5 Å². The summed E-state index contributed by atoms with van der Waals surface area (Å²) in [6, 6.07) is 5.63. The molecule has 16 heavy (non-hydrogen) atoms. The van der Waals surface area contributed by atoms with Crippen LogP contribution in [0.1, 0.15) is 21.5 Å². The number of aryl methyl sites for hydroxylation is 1. The summed E-state index contributed by atoms with van der Waals surface area (Å²) < 4.78 is 4.57. The molecule has 0 saturated carbocycles. The van der Waals surface area contributed by atoms with Gasteiger partial charge in [-0.15, -0.1) is 0 Å². The lowest BCUT2D eigenvalue weighted by Gasteiger charge is -2.25. The fraction of sp³-hybridized carbons (Fsp3) is 0.333. The molecule has 0 bridgehead atoms. The van der Waals surface area contributed by atoms with Crippen molar-refractivity contribution in [3.8, 4) is 0 Å². The highest BCUT2D eigenvalue weighted by Gasteiger charge is 2.29. The number of nitrogens with zero attached hydrogens (tertiary/aromatic N) is 1. The van der Waals surface area contributed by atoms with Gasteiger partial charge in [-0.25, -0.2) is 9.69 Å². The summed E-state index contributed by atoms with van der Waals surface area (Å²) in [6.07, 6.45) is 0.105. The minimum atomic E-state index is -0.587. The number of benzene rings is 1. The van der Waals surface area contributed by atoms with E-state index in [1.165, 1.54) is 7.11 Å². The molecule has 0 aromatic heterocycles. The van der Waals surface area contributed by atoms with E-state index < -0.39 is 6.09 Å². The Kier molecular flexibility index (Phi) is 2.64. The van der Waals surface area contributed by atoms with Crippen LogP contribution < -0.4 is 0 Å². The van der Waals surface area contributed by atoms with Crippen molar-refractivity contribution in [3.05, 3.63) is 34.9 Å². The Morgan fingerprint density at radius 3 is 2.88 bits per heavy atom. The van der Waals surface area contributed by atoms with Crippen molar-refractivity contribution in [1.82, 2.24) is 4.90 Å². The Labute approximate surface area is 93.8 Å². The first-order valence-corrected chi connectivity index (χ1v) is 5.13. The highest BCUT2D eigenvalue weighted by atomic mass is 16.5. The summed E-state index contributed by atoms with van der Waals surface area (Å²) in [7, 11) is 1.28. The second-order valence-electron chi connectivity index (χ2n) is 3.84. The Hall–Kier alpha value is -1.84. The first-order valence-electron chi connectivity index (χ1n) is 5.13. The fourth-order valence-electron chi connectivity index (χ4n) is 1.90. The van der Waals surface area contributed by atoms with E-state index in [4.69, 9.17) is 0 Å². The number of hydrogen-bond donors (Lipinski definition) is 0. The molecule has 4 nitrogen and oxygen atoms in total. The molecule has 1 aromatic carbocycles. The van der Waals surface area contributed by atoms with Crippen LogP contribution in [-0.4, -0.2) is 30.6 Å². The van der Waals surface area contributed by atoms with Gasteiger partial charge in [0.25, 0.3) is 5.91 Å². The Morgan fingerprint density at radius 1 is 1.44 bits per heavy atom. The van der Waals surface area contributed by atoms with Crippen LogP contribution in [0.5, 0.6) is 0 Å². The van der Waals surface area contributed by atoms with Crippen molar-refractivity contribution in [3.63, 3.8) is 0 Å². The largest absolute Gasteiger partial charge is 0.452 e. The smallest absolute Gasteiger partial charge is 0.416 e. The zero-order valence-corrected chi connectivity index (χ0v) is 9.32. The highest BCUT2D eigenvalue weighted by Crippen LogP contribution is 2.20. The van der Waals surface area contributed by atoms with E-state index in [1.54, 1.807) is 6.07 Å². The summed E-state index contributed by atoms with van der Waals surface area (Å²) in [4.78, 5) is 24.4. The van der Waals surface area contributed by atoms with Gasteiger partial charge >= 0.3 is 6.09 Å². The number of imide groups is 1. The molecule has 0 radical (unpaired) electrons.